The number of ether oxygens (including phenoxy) is 2. The molecule has 0 saturated heterocycles. The van der Waals surface area contributed by atoms with E-state index in [0.717, 1.165) is 5.56 Å². The highest BCUT2D eigenvalue weighted by atomic mass is 35.5. The Kier molecular flexibility index (Phi) is 10.6. The van der Waals surface area contributed by atoms with E-state index in [1.165, 1.54) is 11.0 Å². The van der Waals surface area contributed by atoms with Gasteiger partial charge < -0.3 is 19.5 Å². The molecule has 0 aliphatic heterocycles. The third kappa shape index (κ3) is 9.24. The molecule has 0 unspecified atom stereocenters. The molecular weight excluding hydrogens is 346 g/mol. The van der Waals surface area contributed by atoms with Gasteiger partial charge in [-0.3, -0.25) is 9.59 Å². The van der Waals surface area contributed by atoms with E-state index in [1.54, 1.807) is 37.3 Å². The van der Waals surface area contributed by atoms with Gasteiger partial charge in [0.15, 0.2) is 0 Å². The number of esters is 1. The number of rotatable bonds is 11. The lowest BCUT2D eigenvalue weighted by Gasteiger charge is -2.20. The van der Waals surface area contributed by atoms with Crippen LogP contribution in [0.1, 0.15) is 18.9 Å². The first kappa shape index (κ1) is 21.2. The summed E-state index contributed by atoms with van der Waals surface area (Å²) in [5.74, 6) is -0.579. The molecule has 1 amide bonds. The van der Waals surface area contributed by atoms with Crippen LogP contribution in [0, 0.1) is 0 Å². The van der Waals surface area contributed by atoms with Gasteiger partial charge >= 0.3 is 5.97 Å². The standard InChI is InChI=1S/C18H24ClNO5/c1-2-25-18(23)9-10-20(11-13-24-14-12-21)17(22)8-5-15-3-6-16(19)7-4-15/h3-8,21H,2,9-14H2,1H3/b8-5+. The molecule has 0 aromatic heterocycles. The predicted molar refractivity (Wildman–Crippen MR) is 96.2 cm³/mol. The third-order valence-electron chi connectivity index (χ3n) is 3.23. The minimum absolute atomic E-state index is 0.0761. The maximum atomic E-state index is 12.4. The van der Waals surface area contributed by atoms with Crippen LogP contribution in [0.25, 0.3) is 6.08 Å². The highest BCUT2D eigenvalue weighted by molar-refractivity contribution is 6.30. The van der Waals surface area contributed by atoms with E-state index < -0.39 is 0 Å². The molecule has 0 saturated carbocycles. The van der Waals surface area contributed by atoms with Crippen molar-refractivity contribution < 1.29 is 24.2 Å². The molecule has 138 valence electrons. The first-order chi connectivity index (χ1) is 12.1. The second kappa shape index (κ2) is 12.5. The summed E-state index contributed by atoms with van der Waals surface area (Å²) >= 11 is 5.83. The van der Waals surface area contributed by atoms with Gasteiger partial charge in [0.1, 0.15) is 0 Å². The summed E-state index contributed by atoms with van der Waals surface area (Å²) in [5.41, 5.74) is 0.847. The Morgan fingerprint density at radius 3 is 2.56 bits per heavy atom. The lowest BCUT2D eigenvalue weighted by atomic mass is 10.2. The molecule has 0 atom stereocenters. The highest BCUT2D eigenvalue weighted by Gasteiger charge is 2.13. The molecule has 1 rings (SSSR count). The van der Waals surface area contributed by atoms with E-state index in [2.05, 4.69) is 0 Å². The van der Waals surface area contributed by atoms with E-state index in [-0.39, 0.29) is 44.7 Å². The zero-order valence-corrected chi connectivity index (χ0v) is 15.1. The number of amides is 1. The van der Waals surface area contributed by atoms with Crippen LogP contribution in [0.15, 0.2) is 30.3 Å². The number of nitrogens with zero attached hydrogens (tertiary/aromatic N) is 1. The van der Waals surface area contributed by atoms with E-state index >= 15 is 0 Å². The first-order valence-corrected chi connectivity index (χ1v) is 8.51. The normalized spacial score (nSPS) is 10.8. The zero-order chi connectivity index (χ0) is 18.5. The number of hydrogen-bond donors (Lipinski definition) is 1. The number of hydrogen-bond acceptors (Lipinski definition) is 5. The number of carbonyl (C=O) groups is 2. The average Bonchev–Trinajstić information content (AvgIpc) is 2.60. The average molecular weight is 370 g/mol. The van der Waals surface area contributed by atoms with Crippen LogP contribution in [-0.2, 0) is 19.1 Å². The molecule has 7 heteroatoms. The summed E-state index contributed by atoms with van der Waals surface area (Å²) in [7, 11) is 0. The van der Waals surface area contributed by atoms with E-state index in [0.29, 0.717) is 18.2 Å². The number of carbonyl (C=O) groups excluding carboxylic acids is 2. The number of halogens is 1. The second-order valence-electron chi connectivity index (χ2n) is 5.10. The number of aliphatic hydroxyl groups is 1. The van der Waals surface area contributed by atoms with Gasteiger partial charge in [-0.05, 0) is 30.7 Å². The number of benzene rings is 1. The van der Waals surface area contributed by atoms with Gasteiger partial charge in [-0.15, -0.1) is 0 Å². The van der Waals surface area contributed by atoms with Gasteiger partial charge in [-0.2, -0.15) is 0 Å². The maximum Gasteiger partial charge on any atom is 0.307 e. The van der Waals surface area contributed by atoms with Crippen LogP contribution in [-0.4, -0.2) is 61.4 Å². The molecule has 0 spiro atoms. The van der Waals surface area contributed by atoms with Crippen LogP contribution >= 0.6 is 11.6 Å². The van der Waals surface area contributed by atoms with Crippen LogP contribution < -0.4 is 0 Å². The van der Waals surface area contributed by atoms with Crippen molar-refractivity contribution in [3.8, 4) is 0 Å². The van der Waals surface area contributed by atoms with E-state index in [9.17, 15) is 9.59 Å². The summed E-state index contributed by atoms with van der Waals surface area (Å²) < 4.78 is 10.1. The molecule has 0 heterocycles. The lowest BCUT2D eigenvalue weighted by molar-refractivity contribution is -0.143. The topological polar surface area (TPSA) is 76.1 Å². The molecule has 6 nitrogen and oxygen atoms in total. The zero-order valence-electron chi connectivity index (χ0n) is 14.3. The predicted octanol–water partition coefficient (Wildman–Crippen LogP) is 2.14. The summed E-state index contributed by atoms with van der Waals surface area (Å²) in [6, 6.07) is 7.10. The molecular formula is C18H24ClNO5. The minimum atomic E-state index is -0.349. The van der Waals surface area contributed by atoms with Crippen molar-refractivity contribution in [3.05, 3.63) is 40.9 Å². The summed E-state index contributed by atoms with van der Waals surface area (Å²) in [5, 5.41) is 9.34. The van der Waals surface area contributed by atoms with Crippen LogP contribution in [0.4, 0.5) is 0 Å². The summed E-state index contributed by atoms with van der Waals surface area (Å²) in [6.45, 7) is 3.02. The molecule has 1 aromatic carbocycles. The first-order valence-electron chi connectivity index (χ1n) is 8.13. The van der Waals surface area contributed by atoms with Crippen molar-refractivity contribution in [1.29, 1.82) is 0 Å². The van der Waals surface area contributed by atoms with E-state index in [1.807, 2.05) is 0 Å². The van der Waals surface area contributed by atoms with Crippen LogP contribution in [0.5, 0.6) is 0 Å². The molecule has 25 heavy (non-hydrogen) atoms. The van der Waals surface area contributed by atoms with Gasteiger partial charge in [0.2, 0.25) is 5.91 Å². The van der Waals surface area contributed by atoms with Gasteiger partial charge in [0.25, 0.3) is 0 Å². The second-order valence-corrected chi connectivity index (χ2v) is 5.54. The molecule has 0 bridgehead atoms. The van der Waals surface area contributed by atoms with Gasteiger partial charge in [0.05, 0.1) is 32.8 Å². The SMILES string of the molecule is CCOC(=O)CCN(CCOCCO)C(=O)/C=C/c1ccc(Cl)cc1. The fourth-order valence-corrected chi connectivity index (χ4v) is 2.11. The van der Waals surface area contributed by atoms with E-state index in [4.69, 9.17) is 26.2 Å². The Morgan fingerprint density at radius 2 is 1.92 bits per heavy atom. The van der Waals surface area contributed by atoms with Crippen molar-refractivity contribution in [1.82, 2.24) is 4.90 Å². The van der Waals surface area contributed by atoms with Gasteiger partial charge in [-0.25, -0.2) is 0 Å². The van der Waals surface area contributed by atoms with Crippen molar-refractivity contribution in [2.45, 2.75) is 13.3 Å². The maximum absolute atomic E-state index is 12.4. The highest BCUT2D eigenvalue weighted by Crippen LogP contribution is 2.11. The fraction of sp³-hybridized carbons (Fsp3) is 0.444. The smallest absolute Gasteiger partial charge is 0.307 e. The molecule has 0 radical (unpaired) electrons. The minimum Gasteiger partial charge on any atom is -0.466 e. The van der Waals surface area contributed by atoms with Crippen molar-refractivity contribution in [3.63, 3.8) is 0 Å². The Balaban J connectivity index is 2.62. The van der Waals surface area contributed by atoms with Gasteiger partial charge in [-0.1, -0.05) is 23.7 Å². The van der Waals surface area contributed by atoms with Crippen molar-refractivity contribution in [2.24, 2.45) is 0 Å². The molecule has 1 aromatic rings. The lowest BCUT2D eigenvalue weighted by Crippen LogP contribution is -2.35. The summed E-state index contributed by atoms with van der Waals surface area (Å²) in [4.78, 5) is 25.4. The Hall–Kier alpha value is -1.89. The Bertz CT molecular complexity index is 559. The molecule has 0 fully saturated rings. The van der Waals surface area contributed by atoms with Crippen LogP contribution in [0.3, 0.4) is 0 Å². The largest absolute Gasteiger partial charge is 0.466 e. The Morgan fingerprint density at radius 1 is 1.20 bits per heavy atom. The van der Waals surface area contributed by atoms with Crippen molar-refractivity contribution >= 4 is 29.6 Å². The molecule has 1 N–H and O–H groups in total. The number of aliphatic hydroxyl groups excluding tert-OH is 1. The Labute approximate surface area is 153 Å². The fourth-order valence-electron chi connectivity index (χ4n) is 1.98. The summed E-state index contributed by atoms with van der Waals surface area (Å²) in [6.07, 6.45) is 3.25. The van der Waals surface area contributed by atoms with Gasteiger partial charge in [0, 0.05) is 24.2 Å². The van der Waals surface area contributed by atoms with Crippen molar-refractivity contribution in [2.75, 3.05) is 39.5 Å². The monoisotopic (exact) mass is 369 g/mol. The molecule has 0 aliphatic rings. The van der Waals surface area contributed by atoms with Crippen LogP contribution in [0.2, 0.25) is 5.02 Å². The molecule has 0 aliphatic carbocycles. The quantitative estimate of drug-likeness (QED) is 0.367. The third-order valence-corrected chi connectivity index (χ3v) is 3.48.